The Labute approximate surface area is 196 Å². The predicted molar refractivity (Wildman–Crippen MR) is 128 cm³/mol. The Balaban J connectivity index is 1.58. The molecule has 2 aromatic heterocycles. The van der Waals surface area contributed by atoms with Gasteiger partial charge in [-0.2, -0.15) is 13.2 Å². The summed E-state index contributed by atoms with van der Waals surface area (Å²) >= 11 is 0. The zero-order valence-electron chi connectivity index (χ0n) is 19.0. The molecule has 7 nitrogen and oxygen atoms in total. The number of hydrogen-bond acceptors (Lipinski definition) is 5. The second-order valence-corrected chi connectivity index (χ2v) is 7.99. The number of nitrogens with two attached hydrogens (primary N) is 1. The third-order valence-corrected chi connectivity index (χ3v) is 5.25. The van der Waals surface area contributed by atoms with Gasteiger partial charge in [0, 0.05) is 37.1 Å². The lowest BCUT2D eigenvalue weighted by atomic mass is 10.1. The summed E-state index contributed by atoms with van der Waals surface area (Å²) in [5, 5.41) is 9.35. The van der Waals surface area contributed by atoms with E-state index in [2.05, 4.69) is 27.5 Å². The molecule has 1 atom stereocenters. The fourth-order valence-corrected chi connectivity index (χ4v) is 3.64. The number of rotatable bonds is 11. The number of aromatic nitrogens is 2. The maximum Gasteiger partial charge on any atom is 0.434 e. The van der Waals surface area contributed by atoms with E-state index in [1.165, 1.54) is 17.4 Å². The summed E-state index contributed by atoms with van der Waals surface area (Å²) in [5.41, 5.74) is 7.37. The molecule has 0 aliphatic heterocycles. The average molecular weight is 475 g/mol. The van der Waals surface area contributed by atoms with Gasteiger partial charge < -0.3 is 21.7 Å². The number of halogens is 3. The Kier molecular flexibility index (Phi) is 8.17. The van der Waals surface area contributed by atoms with Gasteiger partial charge in [0.15, 0.2) is 5.69 Å². The quantitative estimate of drug-likeness (QED) is 0.307. The number of benzene rings is 1. The monoisotopic (exact) mass is 474 g/mol. The van der Waals surface area contributed by atoms with E-state index in [-0.39, 0.29) is 17.6 Å². The van der Waals surface area contributed by atoms with Crippen LogP contribution in [0.4, 0.5) is 24.7 Å². The number of hydrogen-bond donors (Lipinski definition) is 4. The first-order valence-corrected chi connectivity index (χ1v) is 11.0. The molecule has 1 amide bonds. The zero-order chi connectivity index (χ0) is 24.7. The van der Waals surface area contributed by atoms with Crippen LogP contribution >= 0.6 is 0 Å². The second-order valence-electron chi connectivity index (χ2n) is 7.99. The summed E-state index contributed by atoms with van der Waals surface area (Å²) in [6, 6.07) is 12.3. The van der Waals surface area contributed by atoms with Gasteiger partial charge in [-0.25, -0.2) is 4.98 Å². The summed E-state index contributed by atoms with van der Waals surface area (Å²) in [7, 11) is 0. The summed E-state index contributed by atoms with van der Waals surface area (Å²) in [6.07, 6.45) is -1.30. The van der Waals surface area contributed by atoms with Gasteiger partial charge in [-0.15, -0.1) is 0 Å². The van der Waals surface area contributed by atoms with Gasteiger partial charge in [0.1, 0.15) is 11.5 Å². The van der Waals surface area contributed by atoms with Gasteiger partial charge in [0.25, 0.3) is 0 Å². The van der Waals surface area contributed by atoms with Gasteiger partial charge in [0.05, 0.1) is 0 Å². The maximum absolute atomic E-state index is 13.1. The summed E-state index contributed by atoms with van der Waals surface area (Å²) in [5.74, 6) is 0.390. The lowest BCUT2D eigenvalue weighted by Crippen LogP contribution is -2.25. The largest absolute Gasteiger partial charge is 0.434 e. The Morgan fingerprint density at radius 2 is 1.97 bits per heavy atom. The summed E-state index contributed by atoms with van der Waals surface area (Å²) in [6.45, 7) is 6.61. The molecule has 5 N–H and O–H groups in total. The van der Waals surface area contributed by atoms with Crippen LogP contribution in [0.5, 0.6) is 0 Å². The van der Waals surface area contributed by atoms with Crippen molar-refractivity contribution in [2.45, 2.75) is 38.4 Å². The number of anilines is 2. The van der Waals surface area contributed by atoms with Gasteiger partial charge in [-0.1, -0.05) is 24.8 Å². The van der Waals surface area contributed by atoms with Crippen molar-refractivity contribution in [1.29, 1.82) is 0 Å². The highest BCUT2D eigenvalue weighted by atomic mass is 19.4. The molecule has 1 unspecified atom stereocenters. The molecule has 3 rings (SSSR count). The Hall–Kier alpha value is -3.53. The molecule has 10 heteroatoms. The number of carbonyl (C=O) groups excluding carboxylic acids is 1. The van der Waals surface area contributed by atoms with E-state index in [1.54, 1.807) is 18.2 Å². The van der Waals surface area contributed by atoms with Crippen molar-refractivity contribution in [3.05, 3.63) is 66.5 Å². The maximum atomic E-state index is 13.1. The first-order chi connectivity index (χ1) is 16.2. The van der Waals surface area contributed by atoms with Crippen LogP contribution in [0.15, 0.2) is 55.2 Å². The van der Waals surface area contributed by atoms with Crippen LogP contribution < -0.4 is 21.7 Å². The smallest absolute Gasteiger partial charge is 0.385 e. The molecule has 0 saturated heterocycles. The SMILES string of the molecule is C=C(NCCCC(CCN)Nc1cccc2nc(C(F)(F)F)cn12)c1cccc(NC(C)=O)c1. The molecule has 0 aliphatic rings. The Morgan fingerprint density at radius 1 is 1.21 bits per heavy atom. The molecule has 0 spiro atoms. The normalized spacial score (nSPS) is 12.4. The standard InChI is InChI=1S/C24H29F3N6O/c1-16(18-6-3-7-20(14-18)30-17(2)34)29-13-5-8-19(11-12-28)31-22-9-4-10-23-32-21(15-33(22)23)24(25,26)27/h3-4,6-7,9-10,14-15,19,29,31H,1,5,8,11-13,28H2,2H3,(H,30,34). The van der Waals surface area contributed by atoms with Gasteiger partial charge in [0.2, 0.25) is 5.91 Å². The fraction of sp³-hybridized carbons (Fsp3) is 0.333. The molecule has 34 heavy (non-hydrogen) atoms. The molecule has 1 aromatic carbocycles. The molecular weight excluding hydrogens is 445 g/mol. The predicted octanol–water partition coefficient (Wildman–Crippen LogP) is 4.48. The van der Waals surface area contributed by atoms with Crippen LogP contribution in [0, 0.1) is 0 Å². The molecule has 0 saturated carbocycles. The van der Waals surface area contributed by atoms with Crippen molar-refractivity contribution < 1.29 is 18.0 Å². The van der Waals surface area contributed by atoms with Crippen LogP contribution in [-0.4, -0.2) is 34.4 Å². The fourth-order valence-electron chi connectivity index (χ4n) is 3.64. The van der Waals surface area contributed by atoms with Crippen molar-refractivity contribution in [3.8, 4) is 0 Å². The minimum atomic E-state index is -4.50. The van der Waals surface area contributed by atoms with Crippen LogP contribution in [0.3, 0.4) is 0 Å². The van der Waals surface area contributed by atoms with E-state index in [1.807, 2.05) is 18.2 Å². The number of imidazole rings is 1. The number of alkyl halides is 3. The minimum Gasteiger partial charge on any atom is -0.385 e. The topological polar surface area (TPSA) is 96.5 Å². The van der Waals surface area contributed by atoms with Crippen molar-refractivity contribution in [2.24, 2.45) is 5.73 Å². The number of carbonyl (C=O) groups is 1. The molecule has 0 aliphatic carbocycles. The highest BCUT2D eigenvalue weighted by Gasteiger charge is 2.34. The van der Waals surface area contributed by atoms with E-state index >= 15 is 0 Å². The van der Waals surface area contributed by atoms with E-state index in [4.69, 9.17) is 5.73 Å². The van der Waals surface area contributed by atoms with E-state index in [9.17, 15) is 18.0 Å². The number of nitrogens with one attached hydrogen (secondary N) is 3. The van der Waals surface area contributed by atoms with Gasteiger partial charge in [-0.05, 0) is 55.6 Å². The lowest BCUT2D eigenvalue weighted by molar-refractivity contribution is -0.140. The van der Waals surface area contributed by atoms with E-state index < -0.39 is 11.9 Å². The second kappa shape index (κ2) is 11.1. The van der Waals surface area contributed by atoms with Crippen LogP contribution in [0.2, 0.25) is 0 Å². The molecular formula is C24H29F3N6O. The molecule has 0 bridgehead atoms. The van der Waals surface area contributed by atoms with Crippen LogP contribution in [-0.2, 0) is 11.0 Å². The van der Waals surface area contributed by atoms with Crippen molar-refractivity contribution in [3.63, 3.8) is 0 Å². The summed E-state index contributed by atoms with van der Waals surface area (Å²) in [4.78, 5) is 14.9. The molecule has 3 aromatic rings. The number of nitrogens with zero attached hydrogens (tertiary/aromatic N) is 2. The zero-order valence-corrected chi connectivity index (χ0v) is 19.0. The van der Waals surface area contributed by atoms with Gasteiger partial charge in [-0.3, -0.25) is 9.20 Å². The Bertz CT molecular complexity index is 1140. The van der Waals surface area contributed by atoms with Crippen LogP contribution in [0.1, 0.15) is 37.4 Å². The first kappa shape index (κ1) is 25.1. The third-order valence-electron chi connectivity index (χ3n) is 5.25. The lowest BCUT2D eigenvalue weighted by Gasteiger charge is -2.20. The number of pyridine rings is 1. The first-order valence-electron chi connectivity index (χ1n) is 11.0. The third kappa shape index (κ3) is 6.74. The molecule has 0 fully saturated rings. The van der Waals surface area contributed by atoms with E-state index in [0.29, 0.717) is 31.0 Å². The molecule has 182 valence electrons. The average Bonchev–Trinajstić information content (AvgIpc) is 3.22. The minimum absolute atomic E-state index is 0.0227. The Morgan fingerprint density at radius 3 is 2.68 bits per heavy atom. The number of amides is 1. The number of fused-ring (bicyclic) bond motifs is 1. The molecule has 0 radical (unpaired) electrons. The van der Waals surface area contributed by atoms with E-state index in [0.717, 1.165) is 30.3 Å². The highest BCUT2D eigenvalue weighted by Crippen LogP contribution is 2.29. The molecule has 2 heterocycles. The van der Waals surface area contributed by atoms with Gasteiger partial charge >= 0.3 is 6.18 Å². The summed E-state index contributed by atoms with van der Waals surface area (Å²) < 4.78 is 40.6. The van der Waals surface area contributed by atoms with Crippen molar-refractivity contribution >= 4 is 28.8 Å². The van der Waals surface area contributed by atoms with Crippen LogP contribution in [0.25, 0.3) is 11.3 Å². The van der Waals surface area contributed by atoms with Crippen molar-refractivity contribution in [1.82, 2.24) is 14.7 Å². The highest BCUT2D eigenvalue weighted by molar-refractivity contribution is 5.89. The van der Waals surface area contributed by atoms with Crippen molar-refractivity contribution in [2.75, 3.05) is 23.7 Å².